The number of carboxylic acid groups (broad SMARTS) is 1. The molecule has 1 saturated carbocycles. The number of hydrogen-bond donors (Lipinski definition) is 2. The summed E-state index contributed by atoms with van der Waals surface area (Å²) in [5.41, 5.74) is 0. The van der Waals surface area contributed by atoms with Crippen LogP contribution in [-0.2, 0) is 4.79 Å². The van der Waals surface area contributed by atoms with Crippen molar-refractivity contribution in [1.29, 1.82) is 0 Å². The minimum absolute atomic E-state index is 0.0416. The van der Waals surface area contributed by atoms with E-state index in [1.165, 1.54) is 0 Å². The fourth-order valence-corrected chi connectivity index (χ4v) is 3.48. The molecule has 2 aliphatic rings. The summed E-state index contributed by atoms with van der Waals surface area (Å²) >= 11 is 0. The Morgan fingerprint density at radius 2 is 1.80 bits per heavy atom. The van der Waals surface area contributed by atoms with Gasteiger partial charge < -0.3 is 15.3 Å². The summed E-state index contributed by atoms with van der Waals surface area (Å²) in [6.45, 7) is 5.17. The second-order valence-corrected chi connectivity index (χ2v) is 6.48. The minimum Gasteiger partial charge on any atom is -0.481 e. The van der Waals surface area contributed by atoms with E-state index >= 15 is 0 Å². The molecule has 1 saturated heterocycles. The van der Waals surface area contributed by atoms with E-state index in [1.807, 2.05) is 4.90 Å². The van der Waals surface area contributed by atoms with Crippen molar-refractivity contribution in [3.8, 4) is 0 Å². The van der Waals surface area contributed by atoms with Crippen LogP contribution in [0.15, 0.2) is 0 Å². The van der Waals surface area contributed by atoms with Crippen LogP contribution in [0.1, 0.15) is 52.4 Å². The first-order valence-electron chi connectivity index (χ1n) is 7.79. The number of nitrogens with one attached hydrogen (secondary N) is 1. The number of aliphatic carboxylic acids is 1. The van der Waals surface area contributed by atoms with Crippen molar-refractivity contribution in [3.63, 3.8) is 0 Å². The van der Waals surface area contributed by atoms with Crippen molar-refractivity contribution in [2.75, 3.05) is 6.54 Å². The summed E-state index contributed by atoms with van der Waals surface area (Å²) in [5, 5.41) is 12.1. The van der Waals surface area contributed by atoms with Crippen LogP contribution in [0.5, 0.6) is 0 Å². The molecule has 0 aromatic heterocycles. The van der Waals surface area contributed by atoms with Gasteiger partial charge in [0.2, 0.25) is 0 Å². The second-order valence-electron chi connectivity index (χ2n) is 6.48. The van der Waals surface area contributed by atoms with Crippen LogP contribution in [0, 0.1) is 11.8 Å². The molecule has 1 aliphatic carbocycles. The average Bonchev–Trinajstić information content (AvgIpc) is 2.88. The predicted molar refractivity (Wildman–Crippen MR) is 76.5 cm³/mol. The summed E-state index contributed by atoms with van der Waals surface area (Å²) in [4.78, 5) is 25.2. The molecule has 0 radical (unpaired) electrons. The van der Waals surface area contributed by atoms with Crippen molar-refractivity contribution >= 4 is 12.0 Å². The molecule has 0 bridgehead atoms. The highest BCUT2D eigenvalue weighted by Crippen LogP contribution is 2.26. The number of carbonyl (C=O) groups excluding carboxylic acids is 1. The van der Waals surface area contributed by atoms with E-state index in [2.05, 4.69) is 19.2 Å². The Morgan fingerprint density at radius 1 is 1.15 bits per heavy atom. The lowest BCUT2D eigenvalue weighted by atomic mass is 9.86. The van der Waals surface area contributed by atoms with Crippen LogP contribution in [0.4, 0.5) is 4.79 Å². The molecular weight excluding hydrogens is 256 g/mol. The van der Waals surface area contributed by atoms with Gasteiger partial charge in [-0.1, -0.05) is 13.8 Å². The molecule has 1 heterocycles. The molecule has 0 spiro atoms. The Hall–Kier alpha value is -1.26. The molecule has 2 N–H and O–H groups in total. The highest BCUT2D eigenvalue weighted by atomic mass is 16.4. The van der Waals surface area contributed by atoms with Gasteiger partial charge in [-0.25, -0.2) is 4.79 Å². The van der Waals surface area contributed by atoms with Gasteiger partial charge in [-0.3, -0.25) is 4.79 Å². The van der Waals surface area contributed by atoms with Crippen LogP contribution >= 0.6 is 0 Å². The van der Waals surface area contributed by atoms with E-state index in [0.717, 1.165) is 32.2 Å². The van der Waals surface area contributed by atoms with Crippen LogP contribution in [0.25, 0.3) is 0 Å². The van der Waals surface area contributed by atoms with Crippen LogP contribution < -0.4 is 5.32 Å². The number of carbonyl (C=O) groups is 2. The summed E-state index contributed by atoms with van der Waals surface area (Å²) in [6, 6.07) is 0.539. The van der Waals surface area contributed by atoms with Gasteiger partial charge in [-0.2, -0.15) is 0 Å². The van der Waals surface area contributed by atoms with Crippen molar-refractivity contribution in [3.05, 3.63) is 0 Å². The minimum atomic E-state index is -0.700. The van der Waals surface area contributed by atoms with Gasteiger partial charge in [0.25, 0.3) is 0 Å². The van der Waals surface area contributed by atoms with Crippen molar-refractivity contribution < 1.29 is 14.7 Å². The predicted octanol–water partition coefficient (Wildman–Crippen LogP) is 2.46. The first kappa shape index (κ1) is 15.1. The van der Waals surface area contributed by atoms with E-state index in [1.54, 1.807) is 0 Å². The maximum atomic E-state index is 12.3. The third-order valence-corrected chi connectivity index (χ3v) is 4.73. The second kappa shape index (κ2) is 6.46. The number of carboxylic acids is 1. The molecule has 1 unspecified atom stereocenters. The maximum absolute atomic E-state index is 12.3. The zero-order chi connectivity index (χ0) is 14.7. The standard InChI is InChI=1S/C15H26N2O3/c1-10(2)13-4-3-9-17(13)15(20)16-12-7-5-11(6-8-12)14(18)19/h10-13H,3-9H2,1-2H3,(H,16,20)(H,18,19). The summed E-state index contributed by atoms with van der Waals surface area (Å²) in [7, 11) is 0. The molecule has 2 rings (SSSR count). The van der Waals surface area contributed by atoms with Crippen molar-refractivity contribution in [2.45, 2.75) is 64.5 Å². The van der Waals surface area contributed by atoms with E-state index in [9.17, 15) is 9.59 Å². The van der Waals surface area contributed by atoms with Crippen molar-refractivity contribution in [1.82, 2.24) is 10.2 Å². The van der Waals surface area contributed by atoms with Gasteiger partial charge in [-0.05, 0) is 44.4 Å². The maximum Gasteiger partial charge on any atom is 0.317 e. The molecule has 2 amide bonds. The fraction of sp³-hybridized carbons (Fsp3) is 0.867. The van der Waals surface area contributed by atoms with Crippen LogP contribution in [0.2, 0.25) is 0 Å². The van der Waals surface area contributed by atoms with Crippen LogP contribution in [0.3, 0.4) is 0 Å². The molecule has 2 fully saturated rings. The Balaban J connectivity index is 1.82. The molecule has 0 aromatic carbocycles. The first-order chi connectivity index (χ1) is 9.49. The summed E-state index contributed by atoms with van der Waals surface area (Å²) in [6.07, 6.45) is 5.09. The molecule has 20 heavy (non-hydrogen) atoms. The van der Waals surface area contributed by atoms with Crippen molar-refractivity contribution in [2.24, 2.45) is 11.8 Å². The average molecular weight is 282 g/mol. The Kier molecular flexibility index (Phi) is 4.89. The first-order valence-corrected chi connectivity index (χ1v) is 7.79. The van der Waals surface area contributed by atoms with Crippen LogP contribution in [-0.4, -0.2) is 40.6 Å². The molecular formula is C15H26N2O3. The molecule has 5 nitrogen and oxygen atoms in total. The number of likely N-dealkylation sites (tertiary alicyclic amines) is 1. The van der Waals surface area contributed by atoms with E-state index in [-0.39, 0.29) is 18.0 Å². The van der Waals surface area contributed by atoms with Gasteiger partial charge in [0.1, 0.15) is 0 Å². The lowest BCUT2D eigenvalue weighted by Crippen LogP contribution is -2.49. The number of nitrogens with zero attached hydrogens (tertiary/aromatic N) is 1. The zero-order valence-corrected chi connectivity index (χ0v) is 12.5. The van der Waals surface area contributed by atoms with Gasteiger partial charge in [0.15, 0.2) is 0 Å². The smallest absolute Gasteiger partial charge is 0.317 e. The lowest BCUT2D eigenvalue weighted by Gasteiger charge is -2.32. The normalized spacial score (nSPS) is 30.6. The highest BCUT2D eigenvalue weighted by Gasteiger charge is 2.33. The molecule has 1 aliphatic heterocycles. The fourth-order valence-electron chi connectivity index (χ4n) is 3.48. The third-order valence-electron chi connectivity index (χ3n) is 4.73. The van der Waals surface area contributed by atoms with Gasteiger partial charge in [-0.15, -0.1) is 0 Å². The highest BCUT2D eigenvalue weighted by molar-refractivity contribution is 5.75. The van der Waals surface area contributed by atoms with E-state index in [0.29, 0.717) is 24.8 Å². The lowest BCUT2D eigenvalue weighted by molar-refractivity contribution is -0.142. The topological polar surface area (TPSA) is 69.6 Å². The molecule has 5 heteroatoms. The largest absolute Gasteiger partial charge is 0.481 e. The van der Waals surface area contributed by atoms with Gasteiger partial charge in [0.05, 0.1) is 5.92 Å². The molecule has 1 atom stereocenters. The van der Waals surface area contributed by atoms with E-state index in [4.69, 9.17) is 5.11 Å². The number of urea groups is 1. The quantitative estimate of drug-likeness (QED) is 0.835. The Bertz CT molecular complexity index is 362. The number of hydrogen-bond acceptors (Lipinski definition) is 2. The monoisotopic (exact) mass is 282 g/mol. The van der Waals surface area contributed by atoms with Gasteiger partial charge >= 0.3 is 12.0 Å². The third kappa shape index (κ3) is 3.44. The molecule has 114 valence electrons. The van der Waals surface area contributed by atoms with Gasteiger partial charge in [0, 0.05) is 18.6 Å². The summed E-state index contributed by atoms with van der Waals surface area (Å²) < 4.78 is 0. The SMILES string of the molecule is CC(C)C1CCCN1C(=O)NC1CCC(C(=O)O)CC1. The van der Waals surface area contributed by atoms with E-state index < -0.39 is 5.97 Å². The number of rotatable bonds is 3. The summed E-state index contributed by atoms with van der Waals surface area (Å²) in [5.74, 6) is -0.432. The number of amides is 2. The molecule has 0 aromatic rings. The Morgan fingerprint density at radius 3 is 2.35 bits per heavy atom. The zero-order valence-electron chi connectivity index (χ0n) is 12.5. The Labute approximate surface area is 120 Å².